The second kappa shape index (κ2) is 6.31. The van der Waals surface area contributed by atoms with Crippen LogP contribution in [0.15, 0.2) is 24.3 Å². The molecular weight excluding hydrogens is 321 g/mol. The fourth-order valence-electron chi connectivity index (χ4n) is 2.52. The average molecular weight is 335 g/mol. The fourth-order valence-corrected chi connectivity index (χ4v) is 2.52. The fraction of sp³-hybridized carbons (Fsp3) is 0.312. The number of ether oxygens (including phenoxy) is 4. The Kier molecular flexibility index (Phi) is 4.20. The molecule has 1 aliphatic rings. The van der Waals surface area contributed by atoms with E-state index in [1.807, 2.05) is 0 Å². The molecular formula is C16H14FNO6. The Balaban J connectivity index is 2.14. The van der Waals surface area contributed by atoms with Gasteiger partial charge in [-0.3, -0.25) is 0 Å². The van der Waals surface area contributed by atoms with Gasteiger partial charge >= 0.3 is 12.1 Å². The van der Waals surface area contributed by atoms with Crippen molar-refractivity contribution in [3.05, 3.63) is 35.6 Å². The number of methoxy groups -OCH3 is 1. The van der Waals surface area contributed by atoms with Crippen LogP contribution in [0.1, 0.15) is 18.6 Å². The first-order chi connectivity index (χ1) is 11.5. The van der Waals surface area contributed by atoms with Crippen molar-refractivity contribution in [1.29, 1.82) is 0 Å². The Labute approximate surface area is 136 Å². The van der Waals surface area contributed by atoms with Crippen molar-refractivity contribution in [2.24, 2.45) is 0 Å². The van der Waals surface area contributed by atoms with Gasteiger partial charge in [-0.1, -0.05) is 0 Å². The van der Waals surface area contributed by atoms with E-state index in [0.29, 0.717) is 5.39 Å². The number of halogens is 1. The number of pyridine rings is 1. The van der Waals surface area contributed by atoms with E-state index in [1.54, 1.807) is 19.1 Å². The first kappa shape index (κ1) is 16.0. The monoisotopic (exact) mass is 335 g/mol. The molecule has 126 valence electrons. The minimum atomic E-state index is -1.40. The topological polar surface area (TPSA) is 84.0 Å². The third-order valence-electron chi connectivity index (χ3n) is 3.56. The smallest absolute Gasteiger partial charge is 0.481 e. The summed E-state index contributed by atoms with van der Waals surface area (Å²) in [6.07, 6.45) is -3.76. The lowest BCUT2D eigenvalue weighted by Gasteiger charge is -2.16. The molecule has 0 unspecified atom stereocenters. The summed E-state index contributed by atoms with van der Waals surface area (Å²) in [6, 6.07) is 6.03. The molecule has 0 saturated carbocycles. The number of aromatic nitrogens is 1. The number of cyclic esters (lactones) is 2. The van der Waals surface area contributed by atoms with Gasteiger partial charge in [0.25, 0.3) is 0 Å². The maximum atomic E-state index is 14.5. The normalized spacial score (nSPS) is 19.7. The van der Waals surface area contributed by atoms with Gasteiger partial charge in [0.2, 0.25) is 12.0 Å². The van der Waals surface area contributed by atoms with Crippen LogP contribution in [-0.4, -0.2) is 36.9 Å². The molecule has 0 N–H and O–H groups in total. The molecule has 2 atom stereocenters. The number of nitrogens with zero attached hydrogens (tertiary/aromatic N) is 1. The Bertz CT molecular complexity index is 808. The molecule has 1 aromatic heterocycles. The van der Waals surface area contributed by atoms with Crippen LogP contribution in [0.5, 0.6) is 5.88 Å². The molecule has 24 heavy (non-hydrogen) atoms. The highest BCUT2D eigenvalue weighted by Crippen LogP contribution is 2.36. The molecule has 0 bridgehead atoms. The summed E-state index contributed by atoms with van der Waals surface area (Å²) >= 11 is 0. The molecule has 3 rings (SSSR count). The molecule has 2 heterocycles. The number of fused-ring (bicyclic) bond motifs is 1. The van der Waals surface area contributed by atoms with Crippen LogP contribution in [0.25, 0.3) is 10.9 Å². The van der Waals surface area contributed by atoms with E-state index in [4.69, 9.17) is 18.9 Å². The van der Waals surface area contributed by atoms with Crippen LogP contribution in [0.3, 0.4) is 0 Å². The van der Waals surface area contributed by atoms with Gasteiger partial charge in [-0.2, -0.15) is 0 Å². The van der Waals surface area contributed by atoms with Crippen molar-refractivity contribution in [3.8, 4) is 5.88 Å². The summed E-state index contributed by atoms with van der Waals surface area (Å²) in [5, 5.41) is 0.595. The second-order valence-corrected chi connectivity index (χ2v) is 4.97. The molecule has 0 amide bonds. The number of carbonyl (C=O) groups is 2. The van der Waals surface area contributed by atoms with Crippen LogP contribution >= 0.6 is 0 Å². The van der Waals surface area contributed by atoms with Crippen molar-refractivity contribution in [1.82, 2.24) is 4.98 Å². The molecule has 0 spiro atoms. The van der Waals surface area contributed by atoms with E-state index < -0.39 is 30.1 Å². The van der Waals surface area contributed by atoms with Crippen molar-refractivity contribution in [3.63, 3.8) is 0 Å². The summed E-state index contributed by atoms with van der Waals surface area (Å²) in [5.74, 6) is -1.24. The molecule has 8 heteroatoms. The zero-order valence-electron chi connectivity index (χ0n) is 12.9. The largest absolute Gasteiger partial charge is 0.510 e. The number of esters is 1. The van der Waals surface area contributed by atoms with Crippen LogP contribution in [0.4, 0.5) is 9.18 Å². The highest BCUT2D eigenvalue weighted by Gasteiger charge is 2.46. The maximum Gasteiger partial charge on any atom is 0.510 e. The highest BCUT2D eigenvalue weighted by atomic mass is 19.1. The van der Waals surface area contributed by atoms with Crippen LogP contribution in [0, 0.1) is 5.82 Å². The summed E-state index contributed by atoms with van der Waals surface area (Å²) in [5.41, 5.74) is 0.155. The van der Waals surface area contributed by atoms with Crippen molar-refractivity contribution in [2.45, 2.75) is 19.1 Å². The molecule has 1 aliphatic heterocycles. The van der Waals surface area contributed by atoms with Crippen LogP contribution in [0.2, 0.25) is 0 Å². The third-order valence-corrected chi connectivity index (χ3v) is 3.56. The van der Waals surface area contributed by atoms with Gasteiger partial charge in [-0.15, -0.1) is 0 Å². The van der Waals surface area contributed by atoms with Crippen LogP contribution < -0.4 is 4.74 Å². The van der Waals surface area contributed by atoms with E-state index in [2.05, 4.69) is 4.98 Å². The lowest BCUT2D eigenvalue weighted by atomic mass is 10.00. The van der Waals surface area contributed by atoms with E-state index in [0.717, 1.165) is 0 Å². The van der Waals surface area contributed by atoms with Gasteiger partial charge in [0.15, 0.2) is 6.10 Å². The molecule has 2 aromatic rings. The summed E-state index contributed by atoms with van der Waals surface area (Å²) in [4.78, 5) is 27.7. The van der Waals surface area contributed by atoms with Crippen LogP contribution in [-0.2, 0) is 19.0 Å². The SMILES string of the molecule is CCOC(=O)[C@H]1OC(=O)O[C@@H]1c1c(F)ccc2ccc(OC)nc12. The number of carbonyl (C=O) groups excluding carboxylic acids is 2. The number of hydrogen-bond acceptors (Lipinski definition) is 7. The van der Waals surface area contributed by atoms with Gasteiger partial charge in [0, 0.05) is 11.5 Å². The minimum absolute atomic E-state index is 0.0599. The third kappa shape index (κ3) is 2.70. The van der Waals surface area contributed by atoms with Gasteiger partial charge < -0.3 is 18.9 Å². The summed E-state index contributed by atoms with van der Waals surface area (Å²) < 4.78 is 34.2. The Morgan fingerprint density at radius 2 is 2.04 bits per heavy atom. The molecule has 0 radical (unpaired) electrons. The molecule has 7 nitrogen and oxygen atoms in total. The summed E-state index contributed by atoms with van der Waals surface area (Å²) in [6.45, 7) is 1.69. The van der Waals surface area contributed by atoms with Gasteiger partial charge in [-0.05, 0) is 25.1 Å². The predicted octanol–water partition coefficient (Wildman–Crippen LogP) is 2.52. The van der Waals surface area contributed by atoms with Gasteiger partial charge in [0.05, 0.1) is 24.8 Å². The standard InChI is InChI=1S/C16H14FNO6/c1-3-22-15(19)14-13(23-16(20)24-14)11-9(17)6-4-8-5-7-10(21-2)18-12(8)11/h4-7,13-14H,3H2,1-2H3/t13-,14+/m1/s1. The Morgan fingerprint density at radius 3 is 2.75 bits per heavy atom. The quantitative estimate of drug-likeness (QED) is 0.794. The van der Waals surface area contributed by atoms with E-state index in [9.17, 15) is 14.0 Å². The first-order valence-corrected chi connectivity index (χ1v) is 7.22. The van der Waals surface area contributed by atoms with Gasteiger partial charge in [0.1, 0.15) is 5.82 Å². The molecule has 1 saturated heterocycles. The Hall–Kier alpha value is -2.90. The summed E-state index contributed by atoms with van der Waals surface area (Å²) in [7, 11) is 1.42. The van der Waals surface area contributed by atoms with E-state index in [-0.39, 0.29) is 23.6 Å². The van der Waals surface area contributed by atoms with Crippen molar-refractivity contribution < 1.29 is 32.9 Å². The number of hydrogen-bond donors (Lipinski definition) is 0. The molecule has 1 fully saturated rings. The molecule has 0 aliphatic carbocycles. The number of rotatable bonds is 4. The van der Waals surface area contributed by atoms with Crippen molar-refractivity contribution >= 4 is 23.0 Å². The first-order valence-electron chi connectivity index (χ1n) is 7.22. The lowest BCUT2D eigenvalue weighted by molar-refractivity contribution is -0.153. The minimum Gasteiger partial charge on any atom is -0.481 e. The van der Waals surface area contributed by atoms with Gasteiger partial charge in [-0.25, -0.2) is 19.0 Å². The molecule has 1 aromatic carbocycles. The average Bonchev–Trinajstić information content (AvgIpc) is 2.95. The number of benzene rings is 1. The zero-order chi connectivity index (χ0) is 17.3. The highest BCUT2D eigenvalue weighted by molar-refractivity contribution is 5.86. The Morgan fingerprint density at radius 1 is 1.29 bits per heavy atom. The van der Waals surface area contributed by atoms with E-state index in [1.165, 1.54) is 19.2 Å². The van der Waals surface area contributed by atoms with Crippen molar-refractivity contribution in [2.75, 3.05) is 13.7 Å². The lowest BCUT2D eigenvalue weighted by Crippen LogP contribution is -2.28. The predicted molar refractivity (Wildman–Crippen MR) is 79.0 cm³/mol. The zero-order valence-corrected chi connectivity index (χ0v) is 12.9. The second-order valence-electron chi connectivity index (χ2n) is 4.97. The van der Waals surface area contributed by atoms with E-state index >= 15 is 0 Å². The maximum absolute atomic E-state index is 14.5.